The molecule has 5 nitrogen and oxygen atoms in total. The lowest BCUT2D eigenvalue weighted by Gasteiger charge is -2.36. The molecule has 2 aromatic carbocycles. The van der Waals surface area contributed by atoms with Gasteiger partial charge in [-0.15, -0.1) is 0 Å². The van der Waals surface area contributed by atoms with Gasteiger partial charge < -0.3 is 14.7 Å². The maximum Gasteiger partial charge on any atom is 0.119 e. The lowest BCUT2D eigenvalue weighted by atomic mass is 10.2. The molecule has 0 amide bonds. The van der Waals surface area contributed by atoms with Crippen molar-refractivity contribution >= 4 is 5.69 Å². The second kappa shape index (κ2) is 8.41. The molecule has 25 heavy (non-hydrogen) atoms. The predicted molar refractivity (Wildman–Crippen MR) is 98.0 cm³/mol. The van der Waals surface area contributed by atoms with Crippen LogP contribution in [0.15, 0.2) is 48.5 Å². The largest absolute Gasteiger partial charge is 0.508 e. The predicted octanol–water partition coefficient (Wildman–Crippen LogP) is 2.85. The number of phenolic OH excluding ortho intramolecular Hbond substituents is 1. The molecular weight excluding hydrogens is 314 g/mol. The van der Waals surface area contributed by atoms with E-state index in [1.165, 1.54) is 5.69 Å². The molecule has 0 aliphatic carbocycles. The van der Waals surface area contributed by atoms with Crippen LogP contribution >= 0.6 is 0 Å². The lowest BCUT2D eigenvalue weighted by Crippen LogP contribution is -2.46. The molecule has 1 fully saturated rings. The number of aromatic hydroxyl groups is 1. The first-order chi connectivity index (χ1) is 12.2. The summed E-state index contributed by atoms with van der Waals surface area (Å²) in [5, 5.41) is 18.2. The Morgan fingerprint density at radius 2 is 1.64 bits per heavy atom. The average molecular weight is 337 g/mol. The quantitative estimate of drug-likeness (QED) is 0.822. The number of ether oxygens (including phenoxy) is 1. The third-order valence-corrected chi connectivity index (χ3v) is 4.46. The van der Waals surface area contributed by atoms with Crippen molar-refractivity contribution in [3.8, 4) is 17.6 Å². The Bertz CT molecular complexity index is 699. The summed E-state index contributed by atoms with van der Waals surface area (Å²) in [6.07, 6.45) is 0.985. The van der Waals surface area contributed by atoms with Gasteiger partial charge >= 0.3 is 0 Å². The zero-order valence-electron chi connectivity index (χ0n) is 14.3. The minimum atomic E-state index is 0.310. The van der Waals surface area contributed by atoms with Crippen LogP contribution in [0.5, 0.6) is 11.5 Å². The molecule has 0 radical (unpaired) electrons. The molecule has 3 rings (SSSR count). The van der Waals surface area contributed by atoms with E-state index in [1.54, 1.807) is 24.3 Å². The SMILES string of the molecule is N#Cc1ccc(OCCCN2CCN(c3ccc(O)cc3)CC2)cc1. The van der Waals surface area contributed by atoms with E-state index < -0.39 is 0 Å². The van der Waals surface area contributed by atoms with Gasteiger partial charge in [-0.2, -0.15) is 5.26 Å². The highest BCUT2D eigenvalue weighted by molar-refractivity contribution is 5.49. The summed E-state index contributed by atoms with van der Waals surface area (Å²) in [5.74, 6) is 1.13. The smallest absolute Gasteiger partial charge is 0.119 e. The molecule has 0 aromatic heterocycles. The molecule has 0 unspecified atom stereocenters. The molecule has 0 bridgehead atoms. The second-order valence-electron chi connectivity index (χ2n) is 6.18. The minimum Gasteiger partial charge on any atom is -0.508 e. The lowest BCUT2D eigenvalue weighted by molar-refractivity contribution is 0.224. The Balaban J connectivity index is 1.35. The standard InChI is InChI=1S/C20H23N3O2/c21-16-17-2-8-20(9-3-17)25-15-1-10-22-11-13-23(14-12-22)18-4-6-19(24)7-5-18/h2-9,24H,1,10-15H2. The molecule has 130 valence electrons. The van der Waals surface area contributed by atoms with Crippen molar-refractivity contribution in [3.63, 3.8) is 0 Å². The minimum absolute atomic E-state index is 0.310. The van der Waals surface area contributed by atoms with Crippen LogP contribution in [0.3, 0.4) is 0 Å². The van der Waals surface area contributed by atoms with Crippen molar-refractivity contribution in [3.05, 3.63) is 54.1 Å². The van der Waals surface area contributed by atoms with Crippen LogP contribution in [-0.4, -0.2) is 49.3 Å². The normalized spacial score (nSPS) is 14.9. The van der Waals surface area contributed by atoms with Gasteiger partial charge in [0, 0.05) is 38.4 Å². The van der Waals surface area contributed by atoms with E-state index >= 15 is 0 Å². The highest BCUT2D eigenvalue weighted by atomic mass is 16.5. The first-order valence-electron chi connectivity index (χ1n) is 8.64. The highest BCUT2D eigenvalue weighted by Gasteiger charge is 2.16. The fourth-order valence-electron chi connectivity index (χ4n) is 3.00. The maximum atomic E-state index is 9.37. The first kappa shape index (κ1) is 17.1. The third kappa shape index (κ3) is 4.88. The van der Waals surface area contributed by atoms with Crippen molar-refractivity contribution in [2.24, 2.45) is 0 Å². The summed E-state index contributed by atoms with van der Waals surface area (Å²) in [5.41, 5.74) is 1.82. The molecule has 1 N–H and O–H groups in total. The van der Waals surface area contributed by atoms with E-state index in [0.717, 1.165) is 44.9 Å². The van der Waals surface area contributed by atoms with Gasteiger partial charge in [0.2, 0.25) is 0 Å². The monoisotopic (exact) mass is 337 g/mol. The average Bonchev–Trinajstić information content (AvgIpc) is 2.67. The van der Waals surface area contributed by atoms with Crippen molar-refractivity contribution in [1.82, 2.24) is 4.90 Å². The number of hydrogen-bond donors (Lipinski definition) is 1. The summed E-state index contributed by atoms with van der Waals surface area (Å²) in [6, 6.07) is 16.8. The van der Waals surface area contributed by atoms with Gasteiger partial charge in [-0.1, -0.05) is 0 Å². The molecule has 0 spiro atoms. The van der Waals surface area contributed by atoms with E-state index in [9.17, 15) is 5.11 Å². The zero-order valence-corrected chi connectivity index (χ0v) is 14.3. The van der Waals surface area contributed by atoms with E-state index in [1.807, 2.05) is 24.3 Å². The molecule has 2 aromatic rings. The van der Waals surface area contributed by atoms with Gasteiger partial charge in [-0.3, -0.25) is 4.90 Å². The third-order valence-electron chi connectivity index (χ3n) is 4.46. The van der Waals surface area contributed by atoms with Gasteiger partial charge in [0.25, 0.3) is 0 Å². The zero-order chi connectivity index (χ0) is 17.5. The number of piperazine rings is 1. The van der Waals surface area contributed by atoms with Crippen LogP contribution in [0.1, 0.15) is 12.0 Å². The number of rotatable bonds is 6. The fraction of sp³-hybridized carbons (Fsp3) is 0.350. The van der Waals surface area contributed by atoms with Crippen molar-refractivity contribution in [2.45, 2.75) is 6.42 Å². The van der Waals surface area contributed by atoms with Crippen molar-refractivity contribution in [2.75, 3.05) is 44.2 Å². The maximum absolute atomic E-state index is 9.37. The molecule has 0 atom stereocenters. The van der Waals surface area contributed by atoms with Crippen LogP contribution in [0, 0.1) is 11.3 Å². The van der Waals surface area contributed by atoms with Crippen LogP contribution < -0.4 is 9.64 Å². The van der Waals surface area contributed by atoms with Gasteiger partial charge in [-0.25, -0.2) is 0 Å². The van der Waals surface area contributed by atoms with E-state index in [-0.39, 0.29) is 0 Å². The number of nitrogens with zero attached hydrogens (tertiary/aromatic N) is 3. The summed E-state index contributed by atoms with van der Waals surface area (Å²) in [7, 11) is 0. The molecule has 1 aliphatic heterocycles. The Hall–Kier alpha value is -2.71. The number of phenols is 1. The van der Waals surface area contributed by atoms with Gasteiger partial charge in [0.05, 0.1) is 18.2 Å². The molecule has 5 heteroatoms. The molecular formula is C20H23N3O2. The number of nitriles is 1. The van der Waals surface area contributed by atoms with E-state index in [2.05, 4.69) is 15.9 Å². The van der Waals surface area contributed by atoms with Gasteiger partial charge in [0.1, 0.15) is 11.5 Å². The van der Waals surface area contributed by atoms with Crippen molar-refractivity contribution in [1.29, 1.82) is 5.26 Å². The Labute approximate surface area is 148 Å². The number of benzene rings is 2. The number of anilines is 1. The molecule has 1 heterocycles. The highest BCUT2D eigenvalue weighted by Crippen LogP contribution is 2.20. The second-order valence-corrected chi connectivity index (χ2v) is 6.18. The van der Waals surface area contributed by atoms with Crippen LogP contribution in [-0.2, 0) is 0 Å². The number of hydrogen-bond acceptors (Lipinski definition) is 5. The van der Waals surface area contributed by atoms with Crippen LogP contribution in [0.25, 0.3) is 0 Å². The molecule has 0 saturated carbocycles. The van der Waals surface area contributed by atoms with Gasteiger partial charge in [0.15, 0.2) is 0 Å². The Kier molecular flexibility index (Phi) is 5.76. The Morgan fingerprint density at radius 1 is 0.960 bits per heavy atom. The van der Waals surface area contributed by atoms with E-state index in [0.29, 0.717) is 17.9 Å². The Morgan fingerprint density at radius 3 is 2.28 bits per heavy atom. The molecule has 1 aliphatic rings. The van der Waals surface area contributed by atoms with E-state index in [4.69, 9.17) is 10.00 Å². The summed E-state index contributed by atoms with van der Waals surface area (Å²) in [4.78, 5) is 4.81. The van der Waals surface area contributed by atoms with Gasteiger partial charge in [-0.05, 0) is 55.0 Å². The van der Waals surface area contributed by atoms with Crippen LogP contribution in [0.4, 0.5) is 5.69 Å². The summed E-state index contributed by atoms with van der Waals surface area (Å²) in [6.45, 7) is 5.79. The summed E-state index contributed by atoms with van der Waals surface area (Å²) >= 11 is 0. The first-order valence-corrected chi connectivity index (χ1v) is 8.64. The van der Waals surface area contributed by atoms with Crippen LogP contribution in [0.2, 0.25) is 0 Å². The summed E-state index contributed by atoms with van der Waals surface area (Å²) < 4.78 is 5.73. The fourth-order valence-corrected chi connectivity index (χ4v) is 3.00. The molecule has 1 saturated heterocycles. The van der Waals surface area contributed by atoms with Crippen molar-refractivity contribution < 1.29 is 9.84 Å². The topological polar surface area (TPSA) is 59.7 Å².